The Hall–Kier alpha value is -0.570. The summed E-state index contributed by atoms with van der Waals surface area (Å²) in [5.74, 6) is 2.69. The lowest BCUT2D eigenvalue weighted by Crippen LogP contribution is -2.50. The third-order valence-corrected chi connectivity index (χ3v) is 4.72. The van der Waals surface area contributed by atoms with E-state index in [1.54, 1.807) is 0 Å². The fourth-order valence-electron chi connectivity index (χ4n) is 3.46. The summed E-state index contributed by atoms with van der Waals surface area (Å²) in [4.78, 5) is 16.8. The smallest absolute Gasteiger partial charge is 0.225 e. The van der Waals surface area contributed by atoms with Crippen molar-refractivity contribution in [2.45, 2.75) is 26.2 Å². The number of hydrogen-bond acceptors (Lipinski definition) is 2. The molecule has 1 amide bonds. The zero-order valence-corrected chi connectivity index (χ0v) is 10.2. The highest BCUT2D eigenvalue weighted by Crippen LogP contribution is 2.54. The lowest BCUT2D eigenvalue weighted by Gasteiger charge is -2.35. The summed E-state index contributed by atoms with van der Waals surface area (Å²) in [6.45, 7) is 7.37. The van der Waals surface area contributed by atoms with Gasteiger partial charge >= 0.3 is 0 Å². The Morgan fingerprint density at radius 3 is 2.25 bits per heavy atom. The molecule has 16 heavy (non-hydrogen) atoms. The molecule has 3 rings (SSSR count). The molecule has 3 heteroatoms. The van der Waals surface area contributed by atoms with Crippen LogP contribution in [0.2, 0.25) is 0 Å². The van der Waals surface area contributed by atoms with E-state index >= 15 is 0 Å². The van der Waals surface area contributed by atoms with Crippen LogP contribution in [0.4, 0.5) is 0 Å². The fourth-order valence-corrected chi connectivity index (χ4v) is 3.46. The van der Waals surface area contributed by atoms with E-state index in [1.807, 2.05) is 0 Å². The third kappa shape index (κ3) is 1.86. The monoisotopic (exact) mass is 222 g/mol. The van der Waals surface area contributed by atoms with Gasteiger partial charge in [-0.1, -0.05) is 6.92 Å². The summed E-state index contributed by atoms with van der Waals surface area (Å²) in [6, 6.07) is 0. The van der Waals surface area contributed by atoms with Gasteiger partial charge < -0.3 is 9.80 Å². The van der Waals surface area contributed by atoms with Crippen LogP contribution in [0.1, 0.15) is 26.2 Å². The standard InChI is InChI=1S/C13H22N2O/c1-2-14-3-5-15(6-4-14)13(16)12-8-10-7-11(10)9-12/h10-12H,2-9H2,1H3. The number of nitrogens with zero attached hydrogens (tertiary/aromatic N) is 2. The summed E-state index contributed by atoms with van der Waals surface area (Å²) < 4.78 is 0. The molecule has 90 valence electrons. The average Bonchev–Trinajstić information content (AvgIpc) is 2.95. The molecular weight excluding hydrogens is 200 g/mol. The highest BCUT2D eigenvalue weighted by Gasteiger charge is 2.48. The normalized spacial score (nSPS) is 38.6. The second kappa shape index (κ2) is 4.02. The molecule has 2 atom stereocenters. The minimum atomic E-state index is 0.386. The van der Waals surface area contributed by atoms with Gasteiger partial charge in [0, 0.05) is 32.1 Å². The zero-order valence-electron chi connectivity index (χ0n) is 10.2. The van der Waals surface area contributed by atoms with E-state index in [9.17, 15) is 4.79 Å². The van der Waals surface area contributed by atoms with Crippen LogP contribution in [0.5, 0.6) is 0 Å². The second-order valence-electron chi connectivity index (χ2n) is 5.68. The van der Waals surface area contributed by atoms with Gasteiger partial charge in [-0.05, 0) is 37.6 Å². The predicted molar refractivity (Wildman–Crippen MR) is 63.0 cm³/mol. The molecule has 2 saturated carbocycles. The van der Waals surface area contributed by atoms with Crippen LogP contribution >= 0.6 is 0 Å². The van der Waals surface area contributed by atoms with Crippen LogP contribution in [0.15, 0.2) is 0 Å². The summed E-state index contributed by atoms with van der Waals surface area (Å²) >= 11 is 0. The van der Waals surface area contributed by atoms with Crippen molar-refractivity contribution in [2.75, 3.05) is 32.7 Å². The van der Waals surface area contributed by atoms with Gasteiger partial charge in [-0.15, -0.1) is 0 Å². The molecule has 0 aromatic heterocycles. The maximum absolute atomic E-state index is 12.3. The average molecular weight is 222 g/mol. The molecule has 0 aromatic rings. The van der Waals surface area contributed by atoms with Crippen LogP contribution in [-0.2, 0) is 4.79 Å². The molecule has 2 aliphatic carbocycles. The Balaban J connectivity index is 1.51. The van der Waals surface area contributed by atoms with Crippen molar-refractivity contribution in [3.63, 3.8) is 0 Å². The minimum absolute atomic E-state index is 0.386. The first-order chi connectivity index (χ1) is 7.78. The molecule has 0 bridgehead atoms. The lowest BCUT2D eigenvalue weighted by molar-refractivity contribution is -0.137. The van der Waals surface area contributed by atoms with Gasteiger partial charge in [0.1, 0.15) is 0 Å². The van der Waals surface area contributed by atoms with Crippen molar-refractivity contribution >= 4 is 5.91 Å². The largest absolute Gasteiger partial charge is 0.340 e. The van der Waals surface area contributed by atoms with E-state index in [-0.39, 0.29) is 0 Å². The zero-order chi connectivity index (χ0) is 11.1. The molecule has 3 nitrogen and oxygen atoms in total. The SMILES string of the molecule is CCN1CCN(C(=O)C2CC3CC3C2)CC1. The van der Waals surface area contributed by atoms with E-state index in [1.165, 1.54) is 19.3 Å². The molecule has 1 saturated heterocycles. The van der Waals surface area contributed by atoms with Crippen LogP contribution in [0.25, 0.3) is 0 Å². The van der Waals surface area contributed by atoms with Gasteiger partial charge in [-0.3, -0.25) is 4.79 Å². The predicted octanol–water partition coefficient (Wildman–Crippen LogP) is 1.20. The van der Waals surface area contributed by atoms with Gasteiger partial charge in [-0.25, -0.2) is 0 Å². The first-order valence-electron chi connectivity index (χ1n) is 6.79. The number of amides is 1. The first-order valence-corrected chi connectivity index (χ1v) is 6.79. The number of likely N-dealkylation sites (N-methyl/N-ethyl adjacent to an activating group) is 1. The van der Waals surface area contributed by atoms with E-state index in [2.05, 4.69) is 16.7 Å². The molecule has 1 aliphatic heterocycles. The minimum Gasteiger partial charge on any atom is -0.340 e. The summed E-state index contributed by atoms with van der Waals surface area (Å²) in [7, 11) is 0. The van der Waals surface area contributed by atoms with Gasteiger partial charge in [0.15, 0.2) is 0 Å². The molecule has 0 radical (unpaired) electrons. The van der Waals surface area contributed by atoms with Crippen molar-refractivity contribution in [1.29, 1.82) is 0 Å². The number of rotatable bonds is 2. The molecule has 0 aromatic carbocycles. The van der Waals surface area contributed by atoms with Crippen molar-refractivity contribution < 1.29 is 4.79 Å². The maximum atomic E-state index is 12.3. The number of piperazine rings is 1. The van der Waals surface area contributed by atoms with E-state index in [0.717, 1.165) is 44.6 Å². The quantitative estimate of drug-likeness (QED) is 0.701. The van der Waals surface area contributed by atoms with E-state index in [0.29, 0.717) is 11.8 Å². The van der Waals surface area contributed by atoms with Gasteiger partial charge in [-0.2, -0.15) is 0 Å². The van der Waals surface area contributed by atoms with E-state index in [4.69, 9.17) is 0 Å². The molecule has 0 spiro atoms. The number of carbonyl (C=O) groups is 1. The van der Waals surface area contributed by atoms with Crippen molar-refractivity contribution in [3.8, 4) is 0 Å². The molecule has 0 N–H and O–H groups in total. The van der Waals surface area contributed by atoms with Crippen LogP contribution in [0, 0.1) is 17.8 Å². The Morgan fingerprint density at radius 1 is 1.06 bits per heavy atom. The molecule has 1 heterocycles. The highest BCUT2D eigenvalue weighted by atomic mass is 16.2. The first kappa shape index (κ1) is 10.6. The number of carbonyl (C=O) groups excluding carboxylic acids is 1. The lowest BCUT2D eigenvalue weighted by atomic mass is 10.0. The molecule has 2 unspecified atom stereocenters. The van der Waals surface area contributed by atoms with Crippen molar-refractivity contribution in [3.05, 3.63) is 0 Å². The molecular formula is C13H22N2O. The van der Waals surface area contributed by atoms with Crippen molar-refractivity contribution in [2.24, 2.45) is 17.8 Å². The van der Waals surface area contributed by atoms with Gasteiger partial charge in [0.25, 0.3) is 0 Å². The Morgan fingerprint density at radius 2 is 1.69 bits per heavy atom. The summed E-state index contributed by atoms with van der Waals surface area (Å²) in [5.41, 5.74) is 0. The van der Waals surface area contributed by atoms with E-state index < -0.39 is 0 Å². The number of hydrogen-bond donors (Lipinski definition) is 0. The molecule has 3 fully saturated rings. The summed E-state index contributed by atoms with van der Waals surface area (Å²) in [6.07, 6.45) is 3.79. The van der Waals surface area contributed by atoms with Crippen molar-refractivity contribution in [1.82, 2.24) is 9.80 Å². The Bertz CT molecular complexity index is 274. The third-order valence-electron chi connectivity index (χ3n) is 4.72. The highest BCUT2D eigenvalue weighted by molar-refractivity contribution is 5.79. The topological polar surface area (TPSA) is 23.6 Å². The Kier molecular flexibility index (Phi) is 2.66. The van der Waals surface area contributed by atoms with Gasteiger partial charge in [0.05, 0.1) is 0 Å². The number of fused-ring (bicyclic) bond motifs is 1. The summed E-state index contributed by atoms with van der Waals surface area (Å²) in [5, 5.41) is 0. The van der Waals surface area contributed by atoms with Crippen LogP contribution in [-0.4, -0.2) is 48.4 Å². The Labute approximate surface area is 97.8 Å². The van der Waals surface area contributed by atoms with Crippen LogP contribution < -0.4 is 0 Å². The second-order valence-corrected chi connectivity index (χ2v) is 5.68. The molecule has 3 aliphatic rings. The maximum Gasteiger partial charge on any atom is 0.225 e. The van der Waals surface area contributed by atoms with Crippen LogP contribution in [0.3, 0.4) is 0 Å². The van der Waals surface area contributed by atoms with Gasteiger partial charge in [0.2, 0.25) is 5.91 Å². The fraction of sp³-hybridized carbons (Fsp3) is 0.923.